The Bertz CT molecular complexity index is 719. The topological polar surface area (TPSA) is 84.0 Å². The highest BCUT2D eigenvalue weighted by molar-refractivity contribution is 9.11. The summed E-state index contributed by atoms with van der Waals surface area (Å²) in [6.45, 7) is 0.396. The molecular weight excluding hydrogens is 346 g/mol. The molecule has 1 amide bonds. The first-order valence-electron chi connectivity index (χ1n) is 5.85. The average Bonchev–Trinajstić information content (AvgIpc) is 2.79. The van der Waals surface area contributed by atoms with Crippen LogP contribution in [0.1, 0.15) is 4.88 Å². The molecule has 6 nitrogen and oxygen atoms in total. The molecule has 2 N–H and O–H groups in total. The highest BCUT2D eigenvalue weighted by atomic mass is 79.9. The fraction of sp³-hybridized carbons (Fsp3) is 0.250. The van der Waals surface area contributed by atoms with Crippen molar-refractivity contribution in [1.29, 1.82) is 0 Å². The molecule has 0 aromatic carbocycles. The third-order valence-electron chi connectivity index (χ3n) is 2.53. The van der Waals surface area contributed by atoms with Crippen LogP contribution in [0.15, 0.2) is 37.8 Å². The molecular formula is C12H12BrN3O3S. The van der Waals surface area contributed by atoms with E-state index < -0.39 is 11.2 Å². The van der Waals surface area contributed by atoms with Crippen LogP contribution in [-0.2, 0) is 17.8 Å². The first-order chi connectivity index (χ1) is 9.54. The minimum atomic E-state index is -0.588. The van der Waals surface area contributed by atoms with Gasteiger partial charge in [0.05, 0.1) is 3.79 Å². The second-order valence-electron chi connectivity index (χ2n) is 4.04. The minimum Gasteiger partial charge on any atom is -0.354 e. The highest BCUT2D eigenvalue weighted by Gasteiger charge is 2.05. The number of aromatic nitrogens is 2. The molecule has 0 fully saturated rings. The predicted octanol–water partition coefficient (Wildman–Crippen LogP) is 0.720. The maximum absolute atomic E-state index is 11.7. The molecule has 2 rings (SSSR count). The Morgan fingerprint density at radius 3 is 2.80 bits per heavy atom. The molecule has 0 spiro atoms. The fourth-order valence-corrected chi connectivity index (χ4v) is 3.07. The number of rotatable bonds is 5. The van der Waals surface area contributed by atoms with Gasteiger partial charge in [-0.3, -0.25) is 19.1 Å². The van der Waals surface area contributed by atoms with Gasteiger partial charge in [-0.15, -0.1) is 11.3 Å². The van der Waals surface area contributed by atoms with E-state index in [0.717, 1.165) is 14.8 Å². The molecule has 20 heavy (non-hydrogen) atoms. The molecule has 8 heteroatoms. The third-order valence-corrected chi connectivity index (χ3v) is 4.22. The summed E-state index contributed by atoms with van der Waals surface area (Å²) >= 11 is 4.99. The van der Waals surface area contributed by atoms with Crippen molar-refractivity contribution in [3.05, 3.63) is 53.9 Å². The van der Waals surface area contributed by atoms with Gasteiger partial charge in [0, 0.05) is 23.7 Å². The molecule has 0 bridgehead atoms. The summed E-state index contributed by atoms with van der Waals surface area (Å²) < 4.78 is 2.21. The number of nitrogens with one attached hydrogen (secondary N) is 2. The Hall–Kier alpha value is -1.67. The summed E-state index contributed by atoms with van der Waals surface area (Å²) in [5, 5.41) is 2.73. The van der Waals surface area contributed by atoms with Gasteiger partial charge >= 0.3 is 5.69 Å². The second kappa shape index (κ2) is 6.67. The van der Waals surface area contributed by atoms with Crippen molar-refractivity contribution in [3.8, 4) is 0 Å². The van der Waals surface area contributed by atoms with Gasteiger partial charge < -0.3 is 5.32 Å². The van der Waals surface area contributed by atoms with Crippen molar-refractivity contribution < 1.29 is 4.79 Å². The normalized spacial score (nSPS) is 10.4. The number of halogens is 1. The lowest BCUT2D eigenvalue weighted by Crippen LogP contribution is -2.36. The lowest BCUT2D eigenvalue weighted by molar-refractivity contribution is -0.121. The van der Waals surface area contributed by atoms with Gasteiger partial charge in [0.1, 0.15) is 6.54 Å². The van der Waals surface area contributed by atoms with Crippen molar-refractivity contribution in [3.63, 3.8) is 0 Å². The van der Waals surface area contributed by atoms with Gasteiger partial charge in [-0.05, 0) is 34.5 Å². The molecule has 0 aliphatic rings. The van der Waals surface area contributed by atoms with Crippen LogP contribution in [0.5, 0.6) is 0 Å². The molecule has 0 saturated carbocycles. The number of aromatic amines is 1. The first-order valence-corrected chi connectivity index (χ1v) is 7.46. The molecule has 0 atom stereocenters. The van der Waals surface area contributed by atoms with Crippen LogP contribution in [0.2, 0.25) is 0 Å². The molecule has 0 radical (unpaired) electrons. The summed E-state index contributed by atoms with van der Waals surface area (Å²) in [5.74, 6) is -0.269. The summed E-state index contributed by atoms with van der Waals surface area (Å²) in [5.41, 5.74) is -1.07. The zero-order chi connectivity index (χ0) is 14.5. The van der Waals surface area contributed by atoms with Crippen LogP contribution in [0, 0.1) is 0 Å². The van der Waals surface area contributed by atoms with E-state index in [0.29, 0.717) is 6.54 Å². The highest BCUT2D eigenvalue weighted by Crippen LogP contribution is 2.21. The Balaban J connectivity index is 1.83. The van der Waals surface area contributed by atoms with E-state index in [2.05, 4.69) is 26.2 Å². The Kier molecular flexibility index (Phi) is 4.91. The van der Waals surface area contributed by atoms with Crippen LogP contribution >= 0.6 is 27.3 Å². The van der Waals surface area contributed by atoms with E-state index in [4.69, 9.17) is 0 Å². The average molecular weight is 358 g/mol. The predicted molar refractivity (Wildman–Crippen MR) is 80.1 cm³/mol. The van der Waals surface area contributed by atoms with Crippen molar-refractivity contribution in [2.24, 2.45) is 0 Å². The smallest absolute Gasteiger partial charge is 0.328 e. The van der Waals surface area contributed by atoms with Crippen molar-refractivity contribution in [2.75, 3.05) is 6.54 Å². The van der Waals surface area contributed by atoms with Gasteiger partial charge in [-0.1, -0.05) is 0 Å². The number of thiophene rings is 1. The maximum Gasteiger partial charge on any atom is 0.328 e. The molecule has 0 saturated heterocycles. The molecule has 0 aliphatic carbocycles. The number of hydrogen-bond donors (Lipinski definition) is 2. The lowest BCUT2D eigenvalue weighted by atomic mass is 10.3. The second-order valence-corrected chi connectivity index (χ2v) is 6.59. The molecule has 106 valence electrons. The van der Waals surface area contributed by atoms with Crippen LogP contribution in [0.4, 0.5) is 0 Å². The maximum atomic E-state index is 11.7. The standard InChI is InChI=1S/C12H12BrN3O3S/c13-9-2-1-8(20-9)3-5-14-11(18)7-16-6-4-10(17)15-12(16)19/h1-2,4,6H,3,5,7H2,(H,14,18)(H,15,17,19). The monoisotopic (exact) mass is 357 g/mol. The van der Waals surface area contributed by atoms with E-state index in [1.165, 1.54) is 17.1 Å². The van der Waals surface area contributed by atoms with Crippen molar-refractivity contribution >= 4 is 33.2 Å². The fourth-order valence-electron chi connectivity index (χ4n) is 1.59. The summed E-state index contributed by atoms with van der Waals surface area (Å²) in [6, 6.07) is 5.16. The van der Waals surface area contributed by atoms with E-state index >= 15 is 0 Å². The number of H-pyrrole nitrogens is 1. The van der Waals surface area contributed by atoms with E-state index in [-0.39, 0.29) is 12.5 Å². The SMILES string of the molecule is O=C(Cn1ccc(=O)[nH]c1=O)NCCc1ccc(Br)s1. The zero-order valence-corrected chi connectivity index (χ0v) is 12.8. The van der Waals surface area contributed by atoms with Crippen molar-refractivity contribution in [1.82, 2.24) is 14.9 Å². The molecule has 0 unspecified atom stereocenters. The van der Waals surface area contributed by atoms with E-state index in [1.54, 1.807) is 11.3 Å². The number of hydrogen-bond acceptors (Lipinski definition) is 4. The van der Waals surface area contributed by atoms with Gasteiger partial charge in [-0.25, -0.2) is 4.79 Å². The molecule has 2 aromatic heterocycles. The molecule has 0 aliphatic heterocycles. The summed E-state index contributed by atoms with van der Waals surface area (Å²) in [4.78, 5) is 37.2. The third kappa shape index (κ3) is 4.17. The summed E-state index contributed by atoms with van der Waals surface area (Å²) in [6.07, 6.45) is 2.04. The summed E-state index contributed by atoms with van der Waals surface area (Å²) in [7, 11) is 0. The van der Waals surface area contributed by atoms with Gasteiger partial charge in [0.15, 0.2) is 0 Å². The van der Waals surface area contributed by atoms with Crippen molar-refractivity contribution in [2.45, 2.75) is 13.0 Å². The number of carbonyl (C=O) groups excluding carboxylic acids is 1. The van der Waals surface area contributed by atoms with E-state index in [9.17, 15) is 14.4 Å². The Morgan fingerprint density at radius 1 is 1.35 bits per heavy atom. The van der Waals surface area contributed by atoms with Crippen LogP contribution in [-0.4, -0.2) is 22.0 Å². The molecule has 2 aromatic rings. The Morgan fingerprint density at radius 2 is 2.15 bits per heavy atom. The van der Waals surface area contributed by atoms with Gasteiger partial charge in [-0.2, -0.15) is 0 Å². The Labute approximate surface area is 126 Å². The number of nitrogens with zero attached hydrogens (tertiary/aromatic N) is 1. The quantitative estimate of drug-likeness (QED) is 0.826. The van der Waals surface area contributed by atoms with E-state index in [1.807, 2.05) is 12.1 Å². The van der Waals surface area contributed by atoms with Crippen LogP contribution < -0.4 is 16.6 Å². The molecule has 2 heterocycles. The van der Waals surface area contributed by atoms with Gasteiger partial charge in [0.25, 0.3) is 5.56 Å². The van der Waals surface area contributed by atoms with Crippen LogP contribution in [0.25, 0.3) is 0 Å². The zero-order valence-electron chi connectivity index (χ0n) is 10.4. The first kappa shape index (κ1) is 14.7. The minimum absolute atomic E-state index is 0.107. The van der Waals surface area contributed by atoms with Crippen LogP contribution in [0.3, 0.4) is 0 Å². The lowest BCUT2D eigenvalue weighted by Gasteiger charge is -2.06. The largest absolute Gasteiger partial charge is 0.354 e. The number of carbonyl (C=O) groups is 1. The van der Waals surface area contributed by atoms with Gasteiger partial charge in [0.2, 0.25) is 5.91 Å². The number of amides is 1.